The van der Waals surface area contributed by atoms with Crippen molar-refractivity contribution >= 4 is 23.0 Å². The highest BCUT2D eigenvalue weighted by Gasteiger charge is 2.13. The van der Waals surface area contributed by atoms with E-state index in [9.17, 15) is 0 Å². The van der Waals surface area contributed by atoms with E-state index in [1.165, 1.54) is 18.4 Å². The second-order valence-corrected chi connectivity index (χ2v) is 6.83. The number of nitrogen functional groups attached to an aromatic ring is 1. The van der Waals surface area contributed by atoms with Gasteiger partial charge in [0.15, 0.2) is 0 Å². The Morgan fingerprint density at radius 3 is 2.53 bits per heavy atom. The van der Waals surface area contributed by atoms with Crippen molar-refractivity contribution in [2.24, 2.45) is 5.92 Å². The number of para-hydroxylation sites is 1. The number of rotatable bonds is 7. The normalized spacial score (nSPS) is 12.7. The van der Waals surface area contributed by atoms with Crippen LogP contribution in [0.1, 0.15) is 44.7 Å². The fourth-order valence-corrected chi connectivity index (χ4v) is 2.95. The van der Waals surface area contributed by atoms with E-state index < -0.39 is 0 Å². The molecule has 0 aliphatic carbocycles. The Kier molecular flexibility index (Phi) is 6.50. The Morgan fingerprint density at radius 1 is 1.32 bits per heavy atom. The molecule has 0 aliphatic heterocycles. The molecule has 1 nitrogen and oxygen atoms in total. The van der Waals surface area contributed by atoms with Crippen molar-refractivity contribution in [3.63, 3.8) is 0 Å². The fraction of sp³-hybridized carbons (Fsp3) is 0.529. The predicted octanol–water partition coefficient (Wildman–Crippen LogP) is 5.01. The standard InChI is InChI=1S/C17H27NS/c1-12(2)9-10-15(19-5)11-14-7-6-8-16(13(3)4)17(14)18/h6-8,12,15H,3,9-11,18H2,1-2,4-5H3. The van der Waals surface area contributed by atoms with E-state index >= 15 is 0 Å². The van der Waals surface area contributed by atoms with E-state index in [1.54, 1.807) is 0 Å². The summed E-state index contributed by atoms with van der Waals surface area (Å²) in [6, 6.07) is 6.30. The van der Waals surface area contributed by atoms with Gasteiger partial charge in [0, 0.05) is 10.9 Å². The lowest BCUT2D eigenvalue weighted by molar-refractivity contribution is 0.545. The quantitative estimate of drug-likeness (QED) is 0.709. The summed E-state index contributed by atoms with van der Waals surface area (Å²) in [7, 11) is 0. The fourth-order valence-electron chi connectivity index (χ4n) is 2.23. The first-order valence-electron chi connectivity index (χ1n) is 7.01. The second kappa shape index (κ2) is 7.64. The number of hydrogen-bond acceptors (Lipinski definition) is 2. The predicted molar refractivity (Wildman–Crippen MR) is 90.6 cm³/mol. The average molecular weight is 277 g/mol. The molecule has 1 aromatic carbocycles. The van der Waals surface area contributed by atoms with Gasteiger partial charge < -0.3 is 5.73 Å². The molecule has 19 heavy (non-hydrogen) atoms. The molecule has 0 aliphatic rings. The minimum absolute atomic E-state index is 0.657. The molecule has 0 spiro atoms. The molecule has 1 unspecified atom stereocenters. The summed E-state index contributed by atoms with van der Waals surface area (Å²) >= 11 is 1.95. The summed E-state index contributed by atoms with van der Waals surface area (Å²) in [6.45, 7) is 10.6. The van der Waals surface area contributed by atoms with Crippen LogP contribution in [0.4, 0.5) is 5.69 Å². The van der Waals surface area contributed by atoms with Gasteiger partial charge in [-0.3, -0.25) is 0 Å². The van der Waals surface area contributed by atoms with Gasteiger partial charge in [-0.05, 0) is 55.1 Å². The molecule has 1 rings (SSSR count). The van der Waals surface area contributed by atoms with Crippen molar-refractivity contribution in [1.82, 2.24) is 0 Å². The zero-order valence-electron chi connectivity index (χ0n) is 12.7. The highest BCUT2D eigenvalue weighted by atomic mass is 32.2. The molecular weight excluding hydrogens is 250 g/mol. The molecule has 0 heterocycles. The summed E-state index contributed by atoms with van der Waals surface area (Å²) in [5, 5.41) is 0.657. The second-order valence-electron chi connectivity index (χ2n) is 5.69. The van der Waals surface area contributed by atoms with Crippen LogP contribution in [-0.2, 0) is 6.42 Å². The van der Waals surface area contributed by atoms with Gasteiger partial charge in [0.25, 0.3) is 0 Å². The van der Waals surface area contributed by atoms with Crippen LogP contribution in [0.5, 0.6) is 0 Å². The van der Waals surface area contributed by atoms with Crippen LogP contribution < -0.4 is 5.73 Å². The zero-order chi connectivity index (χ0) is 14.4. The van der Waals surface area contributed by atoms with E-state index in [0.717, 1.165) is 29.2 Å². The maximum absolute atomic E-state index is 6.27. The monoisotopic (exact) mass is 277 g/mol. The van der Waals surface area contributed by atoms with Gasteiger partial charge in [-0.1, -0.05) is 38.6 Å². The Bertz CT molecular complexity index is 423. The molecule has 1 atom stereocenters. The smallest absolute Gasteiger partial charge is 0.0423 e. The number of hydrogen-bond donors (Lipinski definition) is 1. The van der Waals surface area contributed by atoms with Crippen LogP contribution >= 0.6 is 11.8 Å². The van der Waals surface area contributed by atoms with Crippen LogP contribution in [0.2, 0.25) is 0 Å². The van der Waals surface area contributed by atoms with Gasteiger partial charge in [-0.25, -0.2) is 0 Å². The number of benzene rings is 1. The van der Waals surface area contributed by atoms with Crippen molar-refractivity contribution < 1.29 is 0 Å². The first-order valence-corrected chi connectivity index (χ1v) is 8.30. The zero-order valence-corrected chi connectivity index (χ0v) is 13.5. The largest absolute Gasteiger partial charge is 0.398 e. The highest BCUT2D eigenvalue weighted by Crippen LogP contribution is 2.28. The summed E-state index contributed by atoms with van der Waals surface area (Å²) in [6.07, 6.45) is 5.80. The van der Waals surface area contributed by atoms with Crippen molar-refractivity contribution in [2.45, 2.75) is 45.3 Å². The molecular formula is C17H27NS. The average Bonchev–Trinajstić information content (AvgIpc) is 2.35. The van der Waals surface area contributed by atoms with Crippen molar-refractivity contribution in [3.05, 3.63) is 35.9 Å². The third kappa shape index (κ3) is 4.94. The third-order valence-corrected chi connectivity index (χ3v) is 4.57. The van der Waals surface area contributed by atoms with Crippen molar-refractivity contribution in [1.29, 1.82) is 0 Å². The number of nitrogens with two attached hydrogens (primary N) is 1. The minimum atomic E-state index is 0.657. The summed E-state index contributed by atoms with van der Waals surface area (Å²) in [4.78, 5) is 0. The Labute approximate surface area is 122 Å². The van der Waals surface area contributed by atoms with Crippen LogP contribution in [0.25, 0.3) is 5.57 Å². The Morgan fingerprint density at radius 2 is 2.00 bits per heavy atom. The lowest BCUT2D eigenvalue weighted by Crippen LogP contribution is -2.10. The van der Waals surface area contributed by atoms with Crippen LogP contribution in [-0.4, -0.2) is 11.5 Å². The van der Waals surface area contributed by atoms with Crippen LogP contribution in [0.3, 0.4) is 0 Å². The maximum atomic E-state index is 6.27. The number of thioether (sulfide) groups is 1. The SMILES string of the molecule is C=C(C)c1cccc(CC(CCC(C)C)SC)c1N. The molecule has 0 aromatic heterocycles. The molecule has 0 fully saturated rings. The maximum Gasteiger partial charge on any atom is 0.0423 e. The molecule has 0 bridgehead atoms. The van der Waals surface area contributed by atoms with Gasteiger partial charge in [0.05, 0.1) is 0 Å². The third-order valence-electron chi connectivity index (χ3n) is 3.50. The Balaban J connectivity index is 2.80. The van der Waals surface area contributed by atoms with Crippen LogP contribution in [0, 0.1) is 5.92 Å². The first-order chi connectivity index (χ1) is 8.95. The molecule has 2 N–H and O–H groups in total. The van der Waals surface area contributed by atoms with Crippen molar-refractivity contribution in [3.8, 4) is 0 Å². The minimum Gasteiger partial charge on any atom is -0.398 e. The van der Waals surface area contributed by atoms with Crippen LogP contribution in [0.15, 0.2) is 24.8 Å². The molecule has 0 saturated carbocycles. The van der Waals surface area contributed by atoms with Gasteiger partial charge in [-0.15, -0.1) is 0 Å². The number of anilines is 1. The highest BCUT2D eigenvalue weighted by molar-refractivity contribution is 7.99. The summed E-state index contributed by atoms with van der Waals surface area (Å²) in [5.41, 5.74) is 10.6. The molecule has 0 saturated heterocycles. The van der Waals surface area contributed by atoms with E-state index in [2.05, 4.69) is 44.9 Å². The van der Waals surface area contributed by atoms with E-state index in [0.29, 0.717) is 5.25 Å². The number of allylic oxidation sites excluding steroid dienone is 1. The summed E-state index contributed by atoms with van der Waals surface area (Å²) in [5.74, 6) is 0.772. The van der Waals surface area contributed by atoms with Gasteiger partial charge in [0.1, 0.15) is 0 Å². The molecule has 2 heteroatoms. The molecule has 0 radical (unpaired) electrons. The molecule has 1 aromatic rings. The molecule has 0 amide bonds. The van der Waals surface area contributed by atoms with Crippen molar-refractivity contribution in [2.75, 3.05) is 12.0 Å². The van der Waals surface area contributed by atoms with Gasteiger partial charge in [0.2, 0.25) is 0 Å². The first kappa shape index (κ1) is 16.2. The van der Waals surface area contributed by atoms with Gasteiger partial charge in [-0.2, -0.15) is 11.8 Å². The molecule has 106 valence electrons. The van der Waals surface area contributed by atoms with E-state index in [4.69, 9.17) is 5.73 Å². The Hall–Kier alpha value is -0.890. The summed E-state index contributed by atoms with van der Waals surface area (Å²) < 4.78 is 0. The van der Waals surface area contributed by atoms with E-state index in [1.807, 2.05) is 18.7 Å². The lowest BCUT2D eigenvalue weighted by atomic mass is 9.97. The van der Waals surface area contributed by atoms with E-state index in [-0.39, 0.29) is 0 Å². The topological polar surface area (TPSA) is 26.0 Å². The lowest BCUT2D eigenvalue weighted by Gasteiger charge is -2.18. The van der Waals surface area contributed by atoms with Gasteiger partial charge >= 0.3 is 0 Å².